The fourth-order valence-electron chi connectivity index (χ4n) is 3.15. The average Bonchev–Trinajstić information content (AvgIpc) is 2.28. The summed E-state index contributed by atoms with van der Waals surface area (Å²) < 4.78 is 0. The van der Waals surface area contributed by atoms with Gasteiger partial charge in [-0.25, -0.2) is 0 Å². The fraction of sp³-hybridized carbons (Fsp3) is 1.00. The Balaban J connectivity index is 2.60. The molecule has 2 heteroatoms. The average molecular weight is 254 g/mol. The summed E-state index contributed by atoms with van der Waals surface area (Å²) in [6.07, 6.45) is 2.67. The number of hydrogen-bond acceptors (Lipinski definition) is 2. The van der Waals surface area contributed by atoms with Crippen molar-refractivity contribution in [2.75, 3.05) is 19.6 Å². The van der Waals surface area contributed by atoms with Gasteiger partial charge >= 0.3 is 0 Å². The van der Waals surface area contributed by atoms with E-state index in [1.165, 1.54) is 32.5 Å². The van der Waals surface area contributed by atoms with Crippen molar-refractivity contribution in [1.29, 1.82) is 0 Å². The molecule has 0 aromatic rings. The lowest BCUT2D eigenvalue weighted by atomic mass is 9.92. The largest absolute Gasteiger partial charge is 0.311 e. The zero-order valence-electron chi connectivity index (χ0n) is 13.4. The van der Waals surface area contributed by atoms with Gasteiger partial charge in [-0.1, -0.05) is 48.0 Å². The summed E-state index contributed by atoms with van der Waals surface area (Å²) in [4.78, 5) is 2.76. The molecule has 1 aliphatic rings. The predicted molar refractivity (Wildman–Crippen MR) is 80.9 cm³/mol. The van der Waals surface area contributed by atoms with Crippen molar-refractivity contribution in [2.24, 2.45) is 17.8 Å². The molecule has 0 bridgehead atoms. The van der Waals surface area contributed by atoms with E-state index in [9.17, 15) is 0 Å². The van der Waals surface area contributed by atoms with Gasteiger partial charge in [-0.2, -0.15) is 0 Å². The third-order valence-corrected chi connectivity index (χ3v) is 4.39. The van der Waals surface area contributed by atoms with E-state index >= 15 is 0 Å². The monoisotopic (exact) mass is 254 g/mol. The van der Waals surface area contributed by atoms with Crippen molar-refractivity contribution in [3.8, 4) is 0 Å². The van der Waals surface area contributed by atoms with Crippen molar-refractivity contribution < 1.29 is 0 Å². The maximum atomic E-state index is 3.74. The smallest absolute Gasteiger partial charge is 0.0244 e. The van der Waals surface area contributed by atoms with Gasteiger partial charge in [-0.3, -0.25) is 4.90 Å². The highest BCUT2D eigenvalue weighted by Crippen LogP contribution is 2.20. The normalized spacial score (nSPS) is 28.0. The summed E-state index contributed by atoms with van der Waals surface area (Å²) in [5.41, 5.74) is 0. The minimum absolute atomic E-state index is 0.675. The summed E-state index contributed by atoms with van der Waals surface area (Å²) >= 11 is 0. The molecule has 0 saturated carbocycles. The molecule has 0 aliphatic carbocycles. The maximum Gasteiger partial charge on any atom is 0.0244 e. The molecule has 0 aromatic heterocycles. The van der Waals surface area contributed by atoms with Gasteiger partial charge in [-0.05, 0) is 24.2 Å². The minimum atomic E-state index is 0.675. The zero-order valence-corrected chi connectivity index (χ0v) is 13.4. The van der Waals surface area contributed by atoms with Crippen LogP contribution in [0, 0.1) is 17.8 Å². The number of hydrogen-bond donors (Lipinski definition) is 1. The molecule has 1 rings (SSSR count). The molecule has 1 heterocycles. The van der Waals surface area contributed by atoms with Gasteiger partial charge in [0.2, 0.25) is 0 Å². The molecular weight excluding hydrogens is 220 g/mol. The van der Waals surface area contributed by atoms with Crippen LogP contribution in [0.3, 0.4) is 0 Å². The number of nitrogens with zero attached hydrogens (tertiary/aromatic N) is 1. The van der Waals surface area contributed by atoms with E-state index in [0.717, 1.165) is 23.8 Å². The Hall–Kier alpha value is -0.0800. The number of nitrogens with one attached hydrogen (secondary N) is 1. The standard InChI is InChI=1S/C16H34N2/c1-7-8-14(6)10-18-11-15(12(2)3)17-9-16(18)13(4)5/h12-17H,7-11H2,1-6H3. The lowest BCUT2D eigenvalue weighted by Gasteiger charge is -2.44. The molecule has 108 valence electrons. The first kappa shape index (κ1) is 16.0. The second-order valence-electron chi connectivity index (χ2n) is 6.92. The molecule has 0 radical (unpaired) electrons. The third-order valence-electron chi connectivity index (χ3n) is 4.39. The first-order valence-electron chi connectivity index (χ1n) is 7.93. The van der Waals surface area contributed by atoms with Gasteiger partial charge in [0.1, 0.15) is 0 Å². The van der Waals surface area contributed by atoms with Gasteiger partial charge in [-0.15, -0.1) is 0 Å². The Labute approximate surface area is 115 Å². The van der Waals surface area contributed by atoms with Crippen molar-refractivity contribution in [3.63, 3.8) is 0 Å². The summed E-state index contributed by atoms with van der Waals surface area (Å²) in [5, 5.41) is 3.74. The fourth-order valence-corrected chi connectivity index (χ4v) is 3.15. The van der Waals surface area contributed by atoms with E-state index in [1.54, 1.807) is 0 Å². The van der Waals surface area contributed by atoms with Gasteiger partial charge in [0.25, 0.3) is 0 Å². The summed E-state index contributed by atoms with van der Waals surface area (Å²) in [6, 6.07) is 1.40. The molecule has 0 amide bonds. The Morgan fingerprint density at radius 1 is 1.11 bits per heavy atom. The zero-order chi connectivity index (χ0) is 13.7. The molecule has 2 nitrogen and oxygen atoms in total. The van der Waals surface area contributed by atoms with Crippen LogP contribution in [0.5, 0.6) is 0 Å². The molecule has 3 unspecified atom stereocenters. The van der Waals surface area contributed by atoms with E-state index in [2.05, 4.69) is 51.8 Å². The van der Waals surface area contributed by atoms with Crippen molar-refractivity contribution in [2.45, 2.75) is 66.5 Å². The van der Waals surface area contributed by atoms with Crippen LogP contribution in [-0.4, -0.2) is 36.6 Å². The highest BCUT2D eigenvalue weighted by molar-refractivity contribution is 4.89. The Morgan fingerprint density at radius 3 is 2.28 bits per heavy atom. The highest BCUT2D eigenvalue weighted by atomic mass is 15.2. The van der Waals surface area contributed by atoms with E-state index in [4.69, 9.17) is 0 Å². The lowest BCUT2D eigenvalue weighted by Crippen LogP contribution is -2.60. The van der Waals surface area contributed by atoms with Crippen molar-refractivity contribution in [1.82, 2.24) is 10.2 Å². The second kappa shape index (κ2) is 7.49. The van der Waals surface area contributed by atoms with E-state index in [1.807, 2.05) is 0 Å². The van der Waals surface area contributed by atoms with Gasteiger partial charge in [0, 0.05) is 31.7 Å². The van der Waals surface area contributed by atoms with Crippen LogP contribution >= 0.6 is 0 Å². The minimum Gasteiger partial charge on any atom is -0.311 e. The van der Waals surface area contributed by atoms with Crippen LogP contribution in [0.15, 0.2) is 0 Å². The third kappa shape index (κ3) is 4.55. The van der Waals surface area contributed by atoms with Gasteiger partial charge in [0.05, 0.1) is 0 Å². The molecule has 18 heavy (non-hydrogen) atoms. The lowest BCUT2D eigenvalue weighted by molar-refractivity contribution is 0.0709. The number of rotatable bonds is 6. The van der Waals surface area contributed by atoms with Crippen LogP contribution in [0.25, 0.3) is 0 Å². The molecule has 1 fully saturated rings. The first-order chi connectivity index (χ1) is 8.45. The summed E-state index contributed by atoms with van der Waals surface area (Å²) in [6.45, 7) is 17.8. The van der Waals surface area contributed by atoms with Crippen LogP contribution in [0.2, 0.25) is 0 Å². The van der Waals surface area contributed by atoms with Crippen LogP contribution in [-0.2, 0) is 0 Å². The van der Waals surface area contributed by atoms with E-state index in [0.29, 0.717) is 6.04 Å². The SMILES string of the molecule is CCCC(C)CN1CC(C(C)C)NCC1C(C)C. The van der Waals surface area contributed by atoms with Crippen LogP contribution in [0.4, 0.5) is 0 Å². The molecule has 1 saturated heterocycles. The molecule has 3 atom stereocenters. The molecule has 1 N–H and O–H groups in total. The molecular formula is C16H34N2. The van der Waals surface area contributed by atoms with Crippen molar-refractivity contribution in [3.05, 3.63) is 0 Å². The van der Waals surface area contributed by atoms with Gasteiger partial charge < -0.3 is 5.32 Å². The first-order valence-corrected chi connectivity index (χ1v) is 7.93. The maximum absolute atomic E-state index is 3.74. The van der Waals surface area contributed by atoms with Crippen molar-refractivity contribution >= 4 is 0 Å². The van der Waals surface area contributed by atoms with E-state index < -0.39 is 0 Å². The molecule has 1 aliphatic heterocycles. The second-order valence-corrected chi connectivity index (χ2v) is 6.92. The highest BCUT2D eigenvalue weighted by Gasteiger charge is 2.31. The summed E-state index contributed by atoms with van der Waals surface area (Å²) in [7, 11) is 0. The molecule has 0 spiro atoms. The quantitative estimate of drug-likeness (QED) is 0.782. The Morgan fingerprint density at radius 2 is 1.78 bits per heavy atom. The van der Waals surface area contributed by atoms with E-state index in [-0.39, 0.29) is 0 Å². The predicted octanol–water partition coefficient (Wildman–Crippen LogP) is 3.38. The number of piperazine rings is 1. The topological polar surface area (TPSA) is 15.3 Å². The van der Waals surface area contributed by atoms with Crippen LogP contribution < -0.4 is 5.32 Å². The Kier molecular flexibility index (Phi) is 6.65. The molecule has 0 aromatic carbocycles. The van der Waals surface area contributed by atoms with Crippen LogP contribution in [0.1, 0.15) is 54.4 Å². The Bertz CT molecular complexity index is 225. The van der Waals surface area contributed by atoms with Gasteiger partial charge in [0.15, 0.2) is 0 Å². The summed E-state index contributed by atoms with van der Waals surface area (Å²) in [5.74, 6) is 2.32.